The van der Waals surface area contributed by atoms with Crippen LogP contribution in [0, 0.1) is 0 Å². The molecule has 11 nitrogen and oxygen atoms in total. The van der Waals surface area contributed by atoms with Crippen LogP contribution in [0.1, 0.15) is 11.1 Å². The summed E-state index contributed by atoms with van der Waals surface area (Å²) in [6.45, 7) is 0. The maximum Gasteiger partial charge on any atom is 0.276 e. The maximum absolute atomic E-state index is 12.5. The fourth-order valence-corrected chi connectivity index (χ4v) is 4.72. The SMILES string of the molecule is O=S(=O)(NN=Cc1ccccc1O)c1ccc(Oc2ccc(S(=O)(=O)NN=Cc3ccccc3O)cc2)cc1. The molecule has 0 unspecified atom stereocenters. The lowest BCUT2D eigenvalue weighted by atomic mass is 10.2. The molecule has 0 aromatic heterocycles. The zero-order valence-electron chi connectivity index (χ0n) is 20.0. The Bertz CT molecular complexity index is 1590. The monoisotopic (exact) mass is 566 g/mol. The van der Waals surface area contributed by atoms with Crippen molar-refractivity contribution in [3.05, 3.63) is 108 Å². The van der Waals surface area contributed by atoms with Crippen LogP contribution < -0.4 is 14.4 Å². The number of hydrazone groups is 2. The average molecular weight is 567 g/mol. The van der Waals surface area contributed by atoms with Crippen molar-refractivity contribution in [2.24, 2.45) is 10.2 Å². The number of phenolic OH excluding ortho intramolecular Hbond substituents is 2. The van der Waals surface area contributed by atoms with E-state index in [-0.39, 0.29) is 21.3 Å². The van der Waals surface area contributed by atoms with Crippen molar-refractivity contribution in [1.29, 1.82) is 0 Å². The lowest BCUT2D eigenvalue weighted by Gasteiger charge is -2.09. The molecule has 200 valence electrons. The van der Waals surface area contributed by atoms with Gasteiger partial charge in [-0.2, -0.15) is 27.0 Å². The van der Waals surface area contributed by atoms with Gasteiger partial charge < -0.3 is 14.9 Å². The van der Waals surface area contributed by atoms with Crippen LogP contribution in [0.15, 0.2) is 117 Å². The second kappa shape index (κ2) is 11.7. The molecule has 0 bridgehead atoms. The third-order valence-corrected chi connectivity index (χ3v) is 7.61. The first-order valence-corrected chi connectivity index (χ1v) is 14.1. The molecular formula is C26H22N4O7S2. The van der Waals surface area contributed by atoms with E-state index in [1.165, 1.54) is 73.1 Å². The molecule has 39 heavy (non-hydrogen) atoms. The number of phenols is 2. The van der Waals surface area contributed by atoms with Crippen molar-refractivity contribution in [3.63, 3.8) is 0 Å². The number of aromatic hydroxyl groups is 2. The van der Waals surface area contributed by atoms with Gasteiger partial charge in [-0.05, 0) is 72.8 Å². The Labute approximate surface area is 224 Å². The molecule has 0 fully saturated rings. The van der Waals surface area contributed by atoms with Crippen LogP contribution in [-0.4, -0.2) is 39.5 Å². The summed E-state index contributed by atoms with van der Waals surface area (Å²) in [7, 11) is -7.93. The molecule has 0 aliphatic carbocycles. The molecule has 0 saturated heterocycles. The topological polar surface area (TPSA) is 167 Å². The summed E-state index contributed by atoms with van der Waals surface area (Å²) in [5, 5.41) is 26.8. The fourth-order valence-electron chi connectivity index (χ4n) is 3.14. The zero-order valence-corrected chi connectivity index (χ0v) is 21.7. The van der Waals surface area contributed by atoms with Crippen molar-refractivity contribution in [1.82, 2.24) is 9.66 Å². The second-order valence-electron chi connectivity index (χ2n) is 7.87. The molecule has 4 rings (SSSR count). The molecule has 0 saturated carbocycles. The number of nitrogens with zero attached hydrogens (tertiary/aromatic N) is 2. The van der Waals surface area contributed by atoms with E-state index in [0.717, 1.165) is 0 Å². The van der Waals surface area contributed by atoms with Gasteiger partial charge in [0.05, 0.1) is 22.2 Å². The molecule has 13 heteroatoms. The Hall–Kier alpha value is -4.88. The van der Waals surface area contributed by atoms with Crippen molar-refractivity contribution in [2.75, 3.05) is 0 Å². The van der Waals surface area contributed by atoms with E-state index in [0.29, 0.717) is 22.6 Å². The summed E-state index contributed by atoms with van der Waals surface area (Å²) >= 11 is 0. The first kappa shape index (κ1) is 27.2. The Kier molecular flexibility index (Phi) is 8.13. The lowest BCUT2D eigenvalue weighted by Crippen LogP contribution is -2.18. The largest absolute Gasteiger partial charge is 0.507 e. The van der Waals surface area contributed by atoms with E-state index in [2.05, 4.69) is 19.9 Å². The predicted octanol–water partition coefficient (Wildman–Crippen LogP) is 3.51. The quantitative estimate of drug-likeness (QED) is 0.168. The van der Waals surface area contributed by atoms with E-state index in [4.69, 9.17) is 4.74 Å². The molecule has 0 spiro atoms. The molecule has 0 radical (unpaired) electrons. The van der Waals surface area contributed by atoms with Gasteiger partial charge in [0.1, 0.15) is 23.0 Å². The molecule has 0 atom stereocenters. The van der Waals surface area contributed by atoms with E-state index in [1.54, 1.807) is 36.4 Å². The number of rotatable bonds is 10. The summed E-state index contributed by atoms with van der Waals surface area (Å²) in [5.41, 5.74) is 0.692. The van der Waals surface area contributed by atoms with Gasteiger partial charge in [0.15, 0.2) is 0 Å². The first-order chi connectivity index (χ1) is 18.6. The van der Waals surface area contributed by atoms with E-state index >= 15 is 0 Å². The third kappa shape index (κ3) is 7.12. The number of para-hydroxylation sites is 2. The van der Waals surface area contributed by atoms with Crippen LogP contribution in [0.2, 0.25) is 0 Å². The summed E-state index contributed by atoms with van der Waals surface area (Å²) in [4.78, 5) is 4.01. The van der Waals surface area contributed by atoms with Crippen LogP contribution in [0.25, 0.3) is 0 Å². The number of nitrogens with one attached hydrogen (secondary N) is 2. The van der Waals surface area contributed by atoms with Crippen molar-refractivity contribution < 1.29 is 31.8 Å². The number of ether oxygens (including phenoxy) is 1. The van der Waals surface area contributed by atoms with E-state index < -0.39 is 20.0 Å². The van der Waals surface area contributed by atoms with Gasteiger partial charge in [-0.25, -0.2) is 9.66 Å². The molecule has 0 amide bonds. The van der Waals surface area contributed by atoms with E-state index in [9.17, 15) is 27.0 Å². The smallest absolute Gasteiger partial charge is 0.276 e. The Balaban J connectivity index is 1.36. The van der Waals surface area contributed by atoms with Crippen molar-refractivity contribution in [2.45, 2.75) is 9.79 Å². The Morgan fingerprint density at radius 3 is 1.28 bits per heavy atom. The van der Waals surface area contributed by atoms with Gasteiger partial charge in [0.2, 0.25) is 0 Å². The lowest BCUT2D eigenvalue weighted by molar-refractivity contribution is 0.474. The molecule has 4 N–H and O–H groups in total. The van der Waals surface area contributed by atoms with Gasteiger partial charge >= 0.3 is 0 Å². The average Bonchev–Trinajstić information content (AvgIpc) is 2.91. The number of benzene rings is 4. The van der Waals surface area contributed by atoms with Gasteiger partial charge in [-0.3, -0.25) is 0 Å². The molecule has 4 aromatic carbocycles. The third-order valence-electron chi connectivity index (χ3n) is 5.13. The van der Waals surface area contributed by atoms with Gasteiger partial charge in [-0.15, -0.1) is 0 Å². The minimum atomic E-state index is -3.97. The minimum absolute atomic E-state index is 0.0402. The maximum atomic E-state index is 12.5. The highest BCUT2D eigenvalue weighted by molar-refractivity contribution is 7.89. The molecule has 0 aliphatic heterocycles. The Morgan fingerprint density at radius 2 is 0.923 bits per heavy atom. The molecule has 0 heterocycles. The van der Waals surface area contributed by atoms with Gasteiger partial charge in [-0.1, -0.05) is 24.3 Å². The summed E-state index contributed by atoms with van der Waals surface area (Å²) < 4.78 is 55.5. The van der Waals surface area contributed by atoms with E-state index in [1.807, 2.05) is 0 Å². The Morgan fingerprint density at radius 1 is 0.564 bits per heavy atom. The standard InChI is InChI=1S/C26H22N4O7S2/c31-25-7-3-1-5-19(25)17-27-29-38(33,34)23-13-9-21(10-14-23)37-22-11-15-24(16-12-22)39(35,36)30-28-18-20-6-2-4-8-26(20)32/h1-18,29-32H. The van der Waals surface area contributed by atoms with Gasteiger partial charge in [0, 0.05) is 11.1 Å². The van der Waals surface area contributed by atoms with Crippen molar-refractivity contribution in [3.8, 4) is 23.0 Å². The van der Waals surface area contributed by atoms with Crippen LogP contribution in [-0.2, 0) is 20.0 Å². The minimum Gasteiger partial charge on any atom is -0.507 e. The van der Waals surface area contributed by atoms with Crippen molar-refractivity contribution >= 4 is 32.5 Å². The number of hydrogen-bond donors (Lipinski definition) is 4. The molecule has 0 aliphatic rings. The number of sulfonamides is 2. The van der Waals surface area contributed by atoms with Crippen LogP contribution in [0.3, 0.4) is 0 Å². The summed E-state index contributed by atoms with van der Waals surface area (Å²) in [5.74, 6) is 0.545. The fraction of sp³-hybridized carbons (Fsp3) is 0. The van der Waals surface area contributed by atoms with Crippen LogP contribution in [0.4, 0.5) is 0 Å². The van der Waals surface area contributed by atoms with Gasteiger partial charge in [0.25, 0.3) is 20.0 Å². The first-order valence-electron chi connectivity index (χ1n) is 11.2. The summed E-state index contributed by atoms with van der Waals surface area (Å²) in [6, 6.07) is 23.7. The molecule has 4 aromatic rings. The predicted molar refractivity (Wildman–Crippen MR) is 145 cm³/mol. The second-order valence-corrected chi connectivity index (χ2v) is 11.2. The highest BCUT2D eigenvalue weighted by Crippen LogP contribution is 2.24. The van der Waals surface area contributed by atoms with Crippen LogP contribution >= 0.6 is 0 Å². The zero-order chi connectivity index (χ0) is 27.9. The van der Waals surface area contributed by atoms with Crippen LogP contribution in [0.5, 0.6) is 23.0 Å². The summed E-state index contributed by atoms with van der Waals surface area (Å²) in [6.07, 6.45) is 2.37. The highest BCUT2D eigenvalue weighted by atomic mass is 32.2. The molecular weight excluding hydrogens is 544 g/mol. The highest BCUT2D eigenvalue weighted by Gasteiger charge is 2.15. The normalized spacial score (nSPS) is 12.0. The number of hydrogen-bond acceptors (Lipinski definition) is 9.